The van der Waals surface area contributed by atoms with Gasteiger partial charge in [0.1, 0.15) is 12.2 Å². The maximum Gasteiger partial charge on any atom is 0.336 e. The van der Waals surface area contributed by atoms with E-state index in [-0.39, 0.29) is 12.6 Å². The van der Waals surface area contributed by atoms with E-state index in [4.69, 9.17) is 9.15 Å². The van der Waals surface area contributed by atoms with Crippen molar-refractivity contribution in [2.45, 2.75) is 38.7 Å². The Hall–Kier alpha value is -2.88. The van der Waals surface area contributed by atoms with Crippen molar-refractivity contribution in [1.29, 1.82) is 0 Å². The highest BCUT2D eigenvalue weighted by Gasteiger charge is 2.16. The highest BCUT2D eigenvalue weighted by atomic mass is 16.5. The van der Waals surface area contributed by atoms with Gasteiger partial charge in [0.15, 0.2) is 0 Å². The summed E-state index contributed by atoms with van der Waals surface area (Å²) in [6.45, 7) is 0.0918. The van der Waals surface area contributed by atoms with Gasteiger partial charge in [-0.25, -0.2) is 4.79 Å². The number of hydrogen-bond donors (Lipinski definition) is 0. The summed E-state index contributed by atoms with van der Waals surface area (Å²) in [5, 5.41) is 0.862. The summed E-state index contributed by atoms with van der Waals surface area (Å²) < 4.78 is 10.8. The Balaban J connectivity index is 1.48. The van der Waals surface area contributed by atoms with Crippen LogP contribution in [0.25, 0.3) is 11.0 Å². The summed E-state index contributed by atoms with van der Waals surface area (Å²) in [7, 11) is 0. The SMILES string of the molecule is O=C(CCc1ccccc1)OCc1cc(=O)oc2cc3c(cc12)CCC3. The van der Waals surface area contributed by atoms with Crippen LogP contribution in [0.3, 0.4) is 0 Å². The number of benzene rings is 2. The summed E-state index contributed by atoms with van der Waals surface area (Å²) in [4.78, 5) is 23.9. The molecule has 0 unspecified atom stereocenters. The summed E-state index contributed by atoms with van der Waals surface area (Å²) in [5.74, 6) is -0.267. The van der Waals surface area contributed by atoms with Crippen molar-refractivity contribution in [3.8, 4) is 0 Å². The molecule has 0 radical (unpaired) electrons. The molecular formula is C22H20O4. The molecule has 0 N–H and O–H groups in total. The van der Waals surface area contributed by atoms with Gasteiger partial charge in [0.05, 0.1) is 0 Å². The third kappa shape index (κ3) is 3.54. The van der Waals surface area contributed by atoms with Gasteiger partial charge in [-0.3, -0.25) is 4.79 Å². The number of rotatable bonds is 5. The van der Waals surface area contributed by atoms with Crippen molar-refractivity contribution < 1.29 is 13.9 Å². The van der Waals surface area contributed by atoms with E-state index in [2.05, 4.69) is 6.07 Å². The number of aryl methyl sites for hydroxylation is 3. The van der Waals surface area contributed by atoms with Gasteiger partial charge in [-0.2, -0.15) is 0 Å². The van der Waals surface area contributed by atoms with E-state index in [1.165, 1.54) is 17.2 Å². The van der Waals surface area contributed by atoms with Crippen LogP contribution in [0.2, 0.25) is 0 Å². The van der Waals surface area contributed by atoms with Crippen molar-refractivity contribution >= 4 is 16.9 Å². The van der Waals surface area contributed by atoms with Crippen LogP contribution in [0, 0.1) is 0 Å². The average Bonchev–Trinajstić information content (AvgIpc) is 3.11. The summed E-state index contributed by atoms with van der Waals surface area (Å²) in [6, 6.07) is 15.3. The summed E-state index contributed by atoms with van der Waals surface area (Å²) in [5.41, 5.74) is 4.52. The van der Waals surface area contributed by atoms with Crippen LogP contribution in [0.4, 0.5) is 0 Å². The number of fused-ring (bicyclic) bond motifs is 2. The Bertz CT molecular complexity index is 1000. The lowest BCUT2D eigenvalue weighted by Crippen LogP contribution is -2.08. The molecule has 1 heterocycles. The zero-order chi connectivity index (χ0) is 17.9. The first-order chi connectivity index (χ1) is 12.7. The van der Waals surface area contributed by atoms with Crippen LogP contribution >= 0.6 is 0 Å². The van der Waals surface area contributed by atoms with E-state index in [1.54, 1.807) is 0 Å². The van der Waals surface area contributed by atoms with E-state index < -0.39 is 5.63 Å². The molecule has 0 amide bonds. The van der Waals surface area contributed by atoms with E-state index >= 15 is 0 Å². The predicted molar refractivity (Wildman–Crippen MR) is 99.1 cm³/mol. The first-order valence-corrected chi connectivity index (χ1v) is 8.97. The van der Waals surface area contributed by atoms with Crippen LogP contribution in [-0.2, 0) is 35.4 Å². The van der Waals surface area contributed by atoms with Gasteiger partial charge in [-0.05, 0) is 54.5 Å². The van der Waals surface area contributed by atoms with Gasteiger partial charge >= 0.3 is 11.6 Å². The van der Waals surface area contributed by atoms with E-state index in [0.29, 0.717) is 24.0 Å². The molecule has 0 bridgehead atoms. The minimum absolute atomic E-state index is 0.0918. The Morgan fingerprint density at radius 2 is 1.81 bits per heavy atom. The van der Waals surface area contributed by atoms with Crippen molar-refractivity contribution in [3.05, 3.63) is 81.2 Å². The third-order valence-electron chi connectivity index (χ3n) is 4.89. The largest absolute Gasteiger partial charge is 0.461 e. The predicted octanol–water partition coefficient (Wildman–Crippen LogP) is 3.96. The second kappa shape index (κ2) is 7.16. The highest BCUT2D eigenvalue weighted by molar-refractivity contribution is 5.82. The molecule has 4 nitrogen and oxygen atoms in total. The van der Waals surface area contributed by atoms with Gasteiger partial charge in [0, 0.05) is 23.4 Å². The van der Waals surface area contributed by atoms with Crippen LogP contribution < -0.4 is 5.63 Å². The van der Waals surface area contributed by atoms with Crippen LogP contribution in [0.15, 0.2) is 57.7 Å². The molecule has 3 aromatic rings. The molecule has 0 saturated carbocycles. The second-order valence-electron chi connectivity index (χ2n) is 6.71. The lowest BCUT2D eigenvalue weighted by molar-refractivity contribution is -0.144. The molecule has 0 spiro atoms. The number of carbonyl (C=O) groups excluding carboxylic acids is 1. The van der Waals surface area contributed by atoms with Crippen LogP contribution in [0.5, 0.6) is 0 Å². The molecule has 4 rings (SSSR count). The fourth-order valence-corrected chi connectivity index (χ4v) is 3.54. The van der Waals surface area contributed by atoms with E-state index in [9.17, 15) is 9.59 Å². The fourth-order valence-electron chi connectivity index (χ4n) is 3.54. The zero-order valence-corrected chi connectivity index (χ0v) is 14.5. The molecule has 1 aliphatic rings. The Morgan fingerprint density at radius 3 is 2.62 bits per heavy atom. The quantitative estimate of drug-likeness (QED) is 0.517. The second-order valence-corrected chi connectivity index (χ2v) is 6.71. The van der Waals surface area contributed by atoms with Crippen molar-refractivity contribution in [2.24, 2.45) is 0 Å². The minimum atomic E-state index is -0.411. The van der Waals surface area contributed by atoms with Gasteiger partial charge in [0.2, 0.25) is 0 Å². The Labute approximate surface area is 151 Å². The van der Waals surface area contributed by atoms with Crippen LogP contribution in [0.1, 0.15) is 35.1 Å². The average molecular weight is 348 g/mol. The zero-order valence-electron chi connectivity index (χ0n) is 14.5. The molecular weight excluding hydrogens is 328 g/mol. The minimum Gasteiger partial charge on any atom is -0.461 e. The molecule has 0 atom stereocenters. The van der Waals surface area contributed by atoms with E-state index in [1.807, 2.05) is 36.4 Å². The molecule has 0 aliphatic heterocycles. The van der Waals surface area contributed by atoms with Crippen LogP contribution in [-0.4, -0.2) is 5.97 Å². The van der Waals surface area contributed by atoms with Crippen molar-refractivity contribution in [1.82, 2.24) is 0 Å². The van der Waals surface area contributed by atoms with Crippen molar-refractivity contribution in [2.75, 3.05) is 0 Å². The fraction of sp³-hybridized carbons (Fsp3) is 0.273. The highest BCUT2D eigenvalue weighted by Crippen LogP contribution is 2.28. The topological polar surface area (TPSA) is 56.5 Å². The smallest absolute Gasteiger partial charge is 0.336 e. The number of esters is 1. The lowest BCUT2D eigenvalue weighted by Gasteiger charge is -2.09. The molecule has 2 aromatic carbocycles. The Morgan fingerprint density at radius 1 is 1.04 bits per heavy atom. The summed E-state index contributed by atoms with van der Waals surface area (Å²) in [6.07, 6.45) is 4.15. The molecule has 1 aliphatic carbocycles. The van der Waals surface area contributed by atoms with Gasteiger partial charge in [0.25, 0.3) is 0 Å². The first kappa shape index (κ1) is 16.6. The molecule has 0 fully saturated rings. The first-order valence-electron chi connectivity index (χ1n) is 8.97. The number of hydrogen-bond acceptors (Lipinski definition) is 4. The van der Waals surface area contributed by atoms with Gasteiger partial charge in [-0.15, -0.1) is 0 Å². The number of carbonyl (C=O) groups is 1. The van der Waals surface area contributed by atoms with Gasteiger partial charge < -0.3 is 9.15 Å². The van der Waals surface area contributed by atoms with E-state index in [0.717, 1.165) is 30.2 Å². The molecule has 26 heavy (non-hydrogen) atoms. The Kier molecular flexibility index (Phi) is 4.57. The maximum atomic E-state index is 12.1. The monoisotopic (exact) mass is 348 g/mol. The normalized spacial score (nSPS) is 12.9. The summed E-state index contributed by atoms with van der Waals surface area (Å²) >= 11 is 0. The number of ether oxygens (including phenoxy) is 1. The lowest BCUT2D eigenvalue weighted by atomic mass is 10.0. The third-order valence-corrected chi connectivity index (χ3v) is 4.89. The molecule has 4 heteroatoms. The standard InChI is InChI=1S/C22H20O4/c23-21(10-9-15-5-2-1-3-6-15)25-14-18-13-22(24)26-20-12-17-8-4-7-16(17)11-19(18)20/h1-3,5-6,11-13H,4,7-10,14H2. The molecule has 132 valence electrons. The van der Waals surface area contributed by atoms with Gasteiger partial charge in [-0.1, -0.05) is 30.3 Å². The van der Waals surface area contributed by atoms with Crippen molar-refractivity contribution in [3.63, 3.8) is 0 Å². The molecule has 0 saturated heterocycles. The molecule has 1 aromatic heterocycles. The maximum absolute atomic E-state index is 12.1.